The topological polar surface area (TPSA) is 37.4 Å². The molecule has 0 amide bonds. The van der Waals surface area contributed by atoms with Crippen molar-refractivity contribution in [2.45, 2.75) is 6.54 Å². The van der Waals surface area contributed by atoms with Crippen LogP contribution in [-0.2, 0) is 6.54 Å². The molecule has 1 rings (SSSR count). The Hall–Kier alpha value is -1.13. The van der Waals surface area contributed by atoms with Crippen LogP contribution in [0.25, 0.3) is 0 Å². The first kappa shape index (κ1) is 11.9. The van der Waals surface area contributed by atoms with Crippen LogP contribution in [0.1, 0.15) is 5.56 Å². The third-order valence-corrected chi connectivity index (χ3v) is 2.03. The summed E-state index contributed by atoms with van der Waals surface area (Å²) in [5.41, 5.74) is 1.14. The molecule has 0 saturated heterocycles. The number of aromatic nitrogens is 1. The Kier molecular flexibility index (Phi) is 5.07. The fourth-order valence-corrected chi connectivity index (χ4v) is 1.21. The highest BCUT2D eigenvalue weighted by Gasteiger charge is 2.02. The molecule has 0 unspecified atom stereocenters. The van der Waals surface area contributed by atoms with Gasteiger partial charge in [-0.3, -0.25) is 4.98 Å². The smallest absolute Gasteiger partial charge is 0.142 e. The van der Waals surface area contributed by atoms with Gasteiger partial charge in [-0.25, -0.2) is 0 Å². The number of rotatable bonds is 6. The lowest BCUT2D eigenvalue weighted by Crippen LogP contribution is -2.20. The first-order valence-electron chi connectivity index (χ1n) is 5.09. The van der Waals surface area contributed by atoms with Gasteiger partial charge in [-0.1, -0.05) is 0 Å². The van der Waals surface area contributed by atoms with Gasteiger partial charge in [-0.05, 0) is 27.2 Å². The van der Waals surface area contributed by atoms with E-state index in [0.717, 1.165) is 24.4 Å². The minimum Gasteiger partial charge on any atom is -0.490 e. The van der Waals surface area contributed by atoms with Crippen molar-refractivity contribution in [1.29, 1.82) is 0 Å². The van der Waals surface area contributed by atoms with Crippen molar-refractivity contribution in [3.05, 3.63) is 24.0 Å². The zero-order valence-electron chi connectivity index (χ0n) is 9.66. The number of nitrogens with zero attached hydrogens (tertiary/aromatic N) is 2. The summed E-state index contributed by atoms with van der Waals surface area (Å²) < 4.78 is 5.66. The zero-order chi connectivity index (χ0) is 11.1. The second kappa shape index (κ2) is 6.37. The monoisotopic (exact) mass is 209 g/mol. The molecule has 0 aliphatic carbocycles. The molecule has 1 heterocycles. The van der Waals surface area contributed by atoms with Gasteiger partial charge >= 0.3 is 0 Å². The number of hydrogen-bond acceptors (Lipinski definition) is 4. The Morgan fingerprint density at radius 3 is 2.93 bits per heavy atom. The van der Waals surface area contributed by atoms with E-state index in [-0.39, 0.29) is 0 Å². The molecule has 15 heavy (non-hydrogen) atoms. The molecule has 0 radical (unpaired) electrons. The lowest BCUT2D eigenvalue weighted by Gasteiger charge is -2.13. The second-order valence-corrected chi connectivity index (χ2v) is 3.67. The van der Waals surface area contributed by atoms with E-state index in [2.05, 4.69) is 15.2 Å². The molecule has 1 aromatic heterocycles. The normalized spacial score (nSPS) is 10.7. The minimum atomic E-state index is 0.690. The Bertz CT molecular complexity index is 289. The van der Waals surface area contributed by atoms with Crippen LogP contribution in [0.15, 0.2) is 18.5 Å². The molecule has 0 aliphatic rings. The number of nitrogens with one attached hydrogen (secondary N) is 1. The predicted molar refractivity (Wildman–Crippen MR) is 61.0 cm³/mol. The molecule has 0 fully saturated rings. The van der Waals surface area contributed by atoms with Crippen molar-refractivity contribution in [2.24, 2.45) is 0 Å². The van der Waals surface area contributed by atoms with Crippen molar-refractivity contribution in [3.8, 4) is 5.75 Å². The fraction of sp³-hybridized carbons (Fsp3) is 0.545. The molecular formula is C11H19N3O. The summed E-state index contributed by atoms with van der Waals surface area (Å²) in [4.78, 5) is 6.15. The van der Waals surface area contributed by atoms with E-state index >= 15 is 0 Å². The van der Waals surface area contributed by atoms with Crippen molar-refractivity contribution >= 4 is 0 Å². The van der Waals surface area contributed by atoms with Gasteiger partial charge in [0.25, 0.3) is 0 Å². The molecule has 1 N–H and O–H groups in total. The summed E-state index contributed by atoms with van der Waals surface area (Å²) >= 11 is 0. The van der Waals surface area contributed by atoms with E-state index in [9.17, 15) is 0 Å². The van der Waals surface area contributed by atoms with Crippen LogP contribution in [0, 0.1) is 0 Å². The third-order valence-electron chi connectivity index (χ3n) is 2.03. The number of ether oxygens (including phenoxy) is 1. The van der Waals surface area contributed by atoms with Crippen LogP contribution < -0.4 is 10.1 Å². The molecule has 4 heteroatoms. The largest absolute Gasteiger partial charge is 0.490 e. The summed E-state index contributed by atoms with van der Waals surface area (Å²) in [5, 5.41) is 3.11. The van der Waals surface area contributed by atoms with Crippen LogP contribution in [0.2, 0.25) is 0 Å². The maximum atomic E-state index is 5.66. The molecule has 0 saturated carbocycles. The molecule has 1 aromatic rings. The van der Waals surface area contributed by atoms with Crippen LogP contribution in [0.3, 0.4) is 0 Å². The fourth-order valence-electron chi connectivity index (χ4n) is 1.21. The van der Waals surface area contributed by atoms with E-state index in [1.807, 2.05) is 27.2 Å². The van der Waals surface area contributed by atoms with Gasteiger partial charge in [0.2, 0.25) is 0 Å². The Morgan fingerprint density at radius 2 is 2.27 bits per heavy atom. The molecular weight excluding hydrogens is 190 g/mol. The maximum Gasteiger partial charge on any atom is 0.142 e. The Labute approximate surface area is 91.3 Å². The lowest BCUT2D eigenvalue weighted by atomic mass is 10.2. The highest BCUT2D eigenvalue weighted by molar-refractivity contribution is 5.29. The number of likely N-dealkylation sites (N-methyl/N-ethyl adjacent to an activating group) is 1. The second-order valence-electron chi connectivity index (χ2n) is 3.67. The average molecular weight is 209 g/mol. The molecule has 0 aliphatic heterocycles. The van der Waals surface area contributed by atoms with E-state index in [4.69, 9.17) is 4.74 Å². The van der Waals surface area contributed by atoms with Gasteiger partial charge in [0.05, 0.1) is 6.20 Å². The number of pyridine rings is 1. The molecule has 0 bridgehead atoms. The molecule has 4 nitrogen and oxygen atoms in total. The zero-order valence-corrected chi connectivity index (χ0v) is 9.66. The first-order valence-corrected chi connectivity index (χ1v) is 5.09. The Balaban J connectivity index is 2.51. The van der Waals surface area contributed by atoms with Gasteiger partial charge in [0.15, 0.2) is 0 Å². The van der Waals surface area contributed by atoms with Crippen molar-refractivity contribution in [3.63, 3.8) is 0 Å². The highest BCUT2D eigenvalue weighted by Crippen LogP contribution is 2.15. The van der Waals surface area contributed by atoms with E-state index in [1.54, 1.807) is 12.4 Å². The van der Waals surface area contributed by atoms with Crippen molar-refractivity contribution in [1.82, 2.24) is 15.2 Å². The third kappa shape index (κ3) is 4.27. The first-order chi connectivity index (χ1) is 7.24. The quantitative estimate of drug-likeness (QED) is 0.750. The van der Waals surface area contributed by atoms with Gasteiger partial charge in [-0.2, -0.15) is 0 Å². The van der Waals surface area contributed by atoms with Gasteiger partial charge in [-0.15, -0.1) is 0 Å². The van der Waals surface area contributed by atoms with Crippen molar-refractivity contribution in [2.75, 3.05) is 34.3 Å². The van der Waals surface area contributed by atoms with Crippen LogP contribution in [0.5, 0.6) is 5.75 Å². The van der Waals surface area contributed by atoms with Gasteiger partial charge in [0, 0.05) is 24.8 Å². The number of hydrogen-bond donors (Lipinski definition) is 1. The minimum absolute atomic E-state index is 0.690. The van der Waals surface area contributed by atoms with Gasteiger partial charge < -0.3 is 15.0 Å². The SMILES string of the molecule is CNCc1ccncc1OCCN(C)C. The molecule has 0 spiro atoms. The summed E-state index contributed by atoms with van der Waals surface area (Å²) in [7, 11) is 5.98. The summed E-state index contributed by atoms with van der Waals surface area (Å²) in [5.74, 6) is 0.869. The van der Waals surface area contributed by atoms with Crippen molar-refractivity contribution < 1.29 is 4.74 Å². The molecule has 0 atom stereocenters. The molecule has 0 aromatic carbocycles. The van der Waals surface area contributed by atoms with E-state index in [1.165, 1.54) is 0 Å². The van der Waals surface area contributed by atoms with Gasteiger partial charge in [0.1, 0.15) is 12.4 Å². The summed E-state index contributed by atoms with van der Waals surface area (Å²) in [6.45, 7) is 2.41. The highest BCUT2D eigenvalue weighted by atomic mass is 16.5. The maximum absolute atomic E-state index is 5.66. The van der Waals surface area contributed by atoms with E-state index < -0.39 is 0 Å². The summed E-state index contributed by atoms with van der Waals surface area (Å²) in [6, 6.07) is 1.97. The standard InChI is InChI=1S/C11H19N3O/c1-12-8-10-4-5-13-9-11(10)15-7-6-14(2)3/h4-5,9,12H,6-8H2,1-3H3. The van der Waals surface area contributed by atoms with Crippen LogP contribution in [0.4, 0.5) is 0 Å². The molecule has 84 valence electrons. The predicted octanol–water partition coefficient (Wildman–Crippen LogP) is 0.741. The van der Waals surface area contributed by atoms with Crippen LogP contribution in [-0.4, -0.2) is 44.2 Å². The average Bonchev–Trinajstić information content (AvgIpc) is 2.20. The lowest BCUT2D eigenvalue weighted by molar-refractivity contribution is 0.258. The van der Waals surface area contributed by atoms with Crippen LogP contribution >= 0.6 is 0 Å². The summed E-state index contributed by atoms with van der Waals surface area (Å²) in [6.07, 6.45) is 3.55. The van der Waals surface area contributed by atoms with E-state index in [0.29, 0.717) is 6.61 Å². The Morgan fingerprint density at radius 1 is 1.47 bits per heavy atom.